The first-order chi connectivity index (χ1) is 11.6. The lowest BCUT2D eigenvalue weighted by Crippen LogP contribution is -2.24. The van der Waals surface area contributed by atoms with Gasteiger partial charge in [-0.15, -0.1) is 0 Å². The lowest BCUT2D eigenvalue weighted by Gasteiger charge is -2.22. The molecule has 1 atom stereocenters. The third kappa shape index (κ3) is 2.87. The summed E-state index contributed by atoms with van der Waals surface area (Å²) in [7, 11) is 0. The molecule has 0 fully saturated rings. The highest BCUT2D eigenvalue weighted by Crippen LogP contribution is 2.34. The summed E-state index contributed by atoms with van der Waals surface area (Å²) in [5.41, 5.74) is 0.810. The van der Waals surface area contributed by atoms with Crippen molar-refractivity contribution in [2.75, 3.05) is 18.5 Å². The number of nitrogens with one attached hydrogen (secondary N) is 1. The first-order valence-corrected chi connectivity index (χ1v) is 7.53. The van der Waals surface area contributed by atoms with E-state index in [2.05, 4.69) is 20.8 Å². The van der Waals surface area contributed by atoms with Crippen molar-refractivity contribution in [1.82, 2.24) is 20.2 Å². The molecule has 3 rings (SSSR count). The minimum Gasteiger partial charge on any atom is -0.490 e. The Kier molecular flexibility index (Phi) is 4.32. The number of carboxylic acid groups (broad SMARTS) is 1. The molecule has 0 spiro atoms. The molecule has 2 aromatic rings. The molecule has 2 heterocycles. The molecule has 0 saturated heterocycles. The van der Waals surface area contributed by atoms with Crippen LogP contribution in [0.2, 0.25) is 0 Å². The zero-order chi connectivity index (χ0) is 17.1. The lowest BCUT2D eigenvalue weighted by atomic mass is 10.0. The van der Waals surface area contributed by atoms with Crippen LogP contribution >= 0.6 is 0 Å². The number of ether oxygens (including phenoxy) is 2. The summed E-state index contributed by atoms with van der Waals surface area (Å²) in [5, 5.41) is 23.3. The largest absolute Gasteiger partial charge is 0.490 e. The summed E-state index contributed by atoms with van der Waals surface area (Å²) in [6, 6.07) is 4.98. The fourth-order valence-electron chi connectivity index (χ4n) is 2.47. The maximum absolute atomic E-state index is 11.3. The first-order valence-electron chi connectivity index (χ1n) is 7.53. The van der Waals surface area contributed by atoms with Crippen molar-refractivity contribution >= 4 is 11.9 Å². The fourth-order valence-corrected chi connectivity index (χ4v) is 2.47. The average Bonchev–Trinajstić information content (AvgIpc) is 3.04. The zero-order valence-corrected chi connectivity index (χ0v) is 13.3. The summed E-state index contributed by atoms with van der Waals surface area (Å²) >= 11 is 0. The summed E-state index contributed by atoms with van der Waals surface area (Å²) in [5.74, 6) is 0.420. The van der Waals surface area contributed by atoms with E-state index in [4.69, 9.17) is 9.47 Å². The Hall–Kier alpha value is -3.10. The molecule has 9 heteroatoms. The molecule has 0 aliphatic carbocycles. The molecule has 24 heavy (non-hydrogen) atoms. The Bertz CT molecular complexity index is 786. The molecule has 0 radical (unpaired) electrons. The molecule has 9 nitrogen and oxygen atoms in total. The number of aliphatic carboxylic acids is 1. The van der Waals surface area contributed by atoms with Crippen LogP contribution in [-0.4, -0.2) is 44.5 Å². The zero-order valence-electron chi connectivity index (χ0n) is 13.3. The van der Waals surface area contributed by atoms with Gasteiger partial charge in [0.25, 0.3) is 0 Å². The van der Waals surface area contributed by atoms with Crippen molar-refractivity contribution in [3.05, 3.63) is 35.5 Å². The molecular weight excluding hydrogens is 314 g/mol. The van der Waals surface area contributed by atoms with E-state index >= 15 is 0 Å². The molecule has 2 N–H and O–H groups in total. The van der Waals surface area contributed by atoms with Crippen molar-refractivity contribution in [3.8, 4) is 11.5 Å². The van der Waals surface area contributed by atoms with E-state index in [9.17, 15) is 9.90 Å². The van der Waals surface area contributed by atoms with Gasteiger partial charge in [0.1, 0.15) is 11.7 Å². The van der Waals surface area contributed by atoms with Gasteiger partial charge in [-0.1, -0.05) is 11.2 Å². The van der Waals surface area contributed by atoms with E-state index < -0.39 is 12.0 Å². The van der Waals surface area contributed by atoms with E-state index in [1.54, 1.807) is 12.1 Å². The Morgan fingerprint density at radius 1 is 1.29 bits per heavy atom. The average molecular weight is 331 g/mol. The van der Waals surface area contributed by atoms with E-state index in [0.29, 0.717) is 24.7 Å². The predicted molar refractivity (Wildman–Crippen MR) is 84.1 cm³/mol. The Morgan fingerprint density at radius 2 is 2.04 bits per heavy atom. The van der Waals surface area contributed by atoms with Gasteiger partial charge in [-0.05, 0) is 48.0 Å². The van der Waals surface area contributed by atoms with Crippen LogP contribution in [0.5, 0.6) is 11.5 Å². The van der Waals surface area contributed by atoms with Gasteiger partial charge in [0.15, 0.2) is 11.5 Å². The number of allylic oxidation sites excluding steroid dienone is 1. The highest BCUT2D eigenvalue weighted by atomic mass is 16.5. The number of fused-ring (bicyclic) bond motifs is 1. The Balaban J connectivity index is 2.04. The van der Waals surface area contributed by atoms with Crippen molar-refractivity contribution in [1.29, 1.82) is 0 Å². The first kappa shape index (κ1) is 15.8. The number of carbonyl (C=O) groups is 1. The second kappa shape index (κ2) is 6.57. The quantitative estimate of drug-likeness (QED) is 0.818. The van der Waals surface area contributed by atoms with Gasteiger partial charge in [0.05, 0.1) is 13.2 Å². The van der Waals surface area contributed by atoms with Crippen molar-refractivity contribution in [2.45, 2.75) is 19.9 Å². The third-order valence-corrected chi connectivity index (χ3v) is 3.47. The van der Waals surface area contributed by atoms with Crippen LogP contribution in [0.1, 0.15) is 25.5 Å². The number of hydrogen-bond acceptors (Lipinski definition) is 7. The van der Waals surface area contributed by atoms with Crippen LogP contribution in [0.3, 0.4) is 0 Å². The second-order valence-electron chi connectivity index (χ2n) is 4.97. The van der Waals surface area contributed by atoms with E-state index in [1.165, 1.54) is 4.68 Å². The van der Waals surface area contributed by atoms with Crippen molar-refractivity contribution in [3.63, 3.8) is 0 Å². The van der Waals surface area contributed by atoms with Gasteiger partial charge in [0.2, 0.25) is 5.95 Å². The van der Waals surface area contributed by atoms with Crippen LogP contribution in [0.15, 0.2) is 30.0 Å². The van der Waals surface area contributed by atoms with Crippen LogP contribution < -0.4 is 14.8 Å². The second-order valence-corrected chi connectivity index (χ2v) is 4.97. The molecular formula is C15H17N5O4. The predicted octanol–water partition coefficient (Wildman–Crippen LogP) is 1.45. The van der Waals surface area contributed by atoms with Crippen molar-refractivity contribution < 1.29 is 19.4 Å². The minimum atomic E-state index is -1.08. The number of nitrogens with zero attached hydrogens (tertiary/aromatic N) is 4. The summed E-state index contributed by atoms with van der Waals surface area (Å²) < 4.78 is 12.7. The van der Waals surface area contributed by atoms with Crippen LogP contribution in [-0.2, 0) is 4.79 Å². The highest BCUT2D eigenvalue weighted by molar-refractivity contribution is 5.90. The maximum Gasteiger partial charge on any atom is 0.352 e. The number of aromatic nitrogens is 4. The van der Waals surface area contributed by atoms with E-state index in [1.807, 2.05) is 26.0 Å². The summed E-state index contributed by atoms with van der Waals surface area (Å²) in [6.07, 6.45) is 1.55. The Morgan fingerprint density at radius 3 is 2.75 bits per heavy atom. The van der Waals surface area contributed by atoms with E-state index in [-0.39, 0.29) is 11.6 Å². The topological polar surface area (TPSA) is 111 Å². The van der Waals surface area contributed by atoms with Gasteiger partial charge < -0.3 is 19.9 Å². The monoisotopic (exact) mass is 331 g/mol. The van der Waals surface area contributed by atoms with Gasteiger partial charge in [-0.3, -0.25) is 0 Å². The number of anilines is 1. The standard InChI is InChI=1S/C15H17N5O4/c1-3-23-12-6-5-9(7-13(12)24-4-2)11-8-10(14(21)22)16-15-17-18-19-20(11)15/h5-8,11H,3-4H2,1-2H3,(H,21,22)(H,16,17,19)/t11-/m0/s1. The molecule has 1 aliphatic heterocycles. The van der Waals surface area contributed by atoms with Gasteiger partial charge in [-0.25, -0.2) is 4.79 Å². The fraction of sp³-hybridized carbons (Fsp3) is 0.333. The van der Waals surface area contributed by atoms with Crippen LogP contribution in [0.4, 0.5) is 5.95 Å². The number of carboxylic acids is 1. The minimum absolute atomic E-state index is 0.0224. The summed E-state index contributed by atoms with van der Waals surface area (Å²) in [4.78, 5) is 11.3. The highest BCUT2D eigenvalue weighted by Gasteiger charge is 2.27. The normalized spacial score (nSPS) is 15.9. The molecule has 1 aliphatic rings. The number of rotatable bonds is 6. The molecule has 0 bridgehead atoms. The smallest absolute Gasteiger partial charge is 0.352 e. The SMILES string of the molecule is CCOc1ccc([C@@H]2C=C(C(=O)O)Nc3nnnn32)cc1OCC. The number of tetrazole rings is 1. The van der Waals surface area contributed by atoms with Crippen LogP contribution in [0, 0.1) is 0 Å². The van der Waals surface area contributed by atoms with Gasteiger partial charge >= 0.3 is 5.97 Å². The molecule has 1 aromatic carbocycles. The van der Waals surface area contributed by atoms with E-state index in [0.717, 1.165) is 5.56 Å². The Labute approximate surface area is 137 Å². The van der Waals surface area contributed by atoms with Crippen molar-refractivity contribution in [2.24, 2.45) is 0 Å². The molecule has 0 amide bonds. The molecule has 0 unspecified atom stereocenters. The van der Waals surface area contributed by atoms with Crippen LogP contribution in [0.25, 0.3) is 0 Å². The number of hydrogen-bond donors (Lipinski definition) is 2. The molecule has 126 valence electrons. The molecule has 0 saturated carbocycles. The molecule has 1 aromatic heterocycles. The number of benzene rings is 1. The lowest BCUT2D eigenvalue weighted by molar-refractivity contribution is -0.132. The van der Waals surface area contributed by atoms with Gasteiger partial charge in [-0.2, -0.15) is 4.68 Å². The third-order valence-electron chi connectivity index (χ3n) is 3.47. The maximum atomic E-state index is 11.3. The van der Waals surface area contributed by atoms with Gasteiger partial charge in [0, 0.05) is 0 Å². The summed E-state index contributed by atoms with van der Waals surface area (Å²) in [6.45, 7) is 4.79.